The second-order valence-corrected chi connectivity index (χ2v) is 18.6. The first-order chi connectivity index (χ1) is 25.4. The summed E-state index contributed by atoms with van der Waals surface area (Å²) in [6.07, 6.45) is 10.1. The molecule has 0 saturated heterocycles. The van der Waals surface area contributed by atoms with Gasteiger partial charge in [0.05, 0.1) is 33.9 Å². The van der Waals surface area contributed by atoms with Gasteiger partial charge >= 0.3 is 11.8 Å². The van der Waals surface area contributed by atoms with Crippen LogP contribution in [0.1, 0.15) is 62.0 Å². The summed E-state index contributed by atoms with van der Waals surface area (Å²) in [7, 11) is -13.0. The van der Waals surface area contributed by atoms with Crippen molar-refractivity contribution in [3.8, 4) is 11.8 Å². The fraction of sp³-hybridized carbons (Fsp3) is 0.343. The number of pyridine rings is 1. The zero-order valence-corrected chi connectivity index (χ0v) is 32.6. The van der Waals surface area contributed by atoms with E-state index in [2.05, 4.69) is 0 Å². The Labute approximate surface area is 318 Å². The number of fused-ring (bicyclic) bond motifs is 2. The van der Waals surface area contributed by atoms with E-state index in [1.807, 2.05) is 32.6 Å². The molecule has 0 aliphatic carbocycles. The molecule has 5 rings (SSSR count). The number of allylic oxidation sites excluding steroid dienone is 6. The third kappa shape index (κ3) is 9.17. The minimum atomic E-state index is -4.50. The molecule has 0 bridgehead atoms. The van der Waals surface area contributed by atoms with E-state index in [1.165, 1.54) is 24.4 Å². The maximum Gasteiger partial charge on any atom is 0.367 e. The van der Waals surface area contributed by atoms with Crippen LogP contribution in [0.15, 0.2) is 88.6 Å². The molecule has 1 aromatic carbocycles. The van der Waals surface area contributed by atoms with Crippen LogP contribution in [0, 0.1) is 0 Å². The van der Waals surface area contributed by atoms with Crippen LogP contribution < -0.4 is 14.3 Å². The molecular weight excluding hydrogens is 781 g/mol. The predicted octanol–water partition coefficient (Wildman–Crippen LogP) is 3.42. The number of rotatable bonds is 14. The van der Waals surface area contributed by atoms with Crippen molar-refractivity contribution in [3.63, 3.8) is 0 Å². The van der Waals surface area contributed by atoms with Gasteiger partial charge in [-0.2, -0.15) is 25.3 Å². The summed E-state index contributed by atoms with van der Waals surface area (Å²) in [5, 5.41) is 19.9. The molecule has 20 heteroatoms. The van der Waals surface area contributed by atoms with Crippen LogP contribution in [-0.4, -0.2) is 83.6 Å². The maximum absolute atomic E-state index is 13.2. The van der Waals surface area contributed by atoms with Gasteiger partial charge < -0.3 is 20.0 Å². The molecule has 0 unspecified atom stereocenters. The van der Waals surface area contributed by atoms with Crippen LogP contribution >= 0.6 is 0 Å². The number of hydrogen-bond donors (Lipinski definition) is 5. The van der Waals surface area contributed by atoms with E-state index in [1.54, 1.807) is 41.0 Å². The van der Waals surface area contributed by atoms with Crippen molar-refractivity contribution < 1.29 is 63.3 Å². The Morgan fingerprint density at radius 2 is 1.47 bits per heavy atom. The van der Waals surface area contributed by atoms with E-state index in [0.717, 1.165) is 12.1 Å². The van der Waals surface area contributed by atoms with Gasteiger partial charge in [0.1, 0.15) is 11.8 Å². The first-order valence-corrected chi connectivity index (χ1v) is 21.4. The van der Waals surface area contributed by atoms with Crippen LogP contribution in [0.3, 0.4) is 0 Å². The molecule has 17 nitrogen and oxygen atoms in total. The van der Waals surface area contributed by atoms with Gasteiger partial charge in [-0.15, -0.1) is 4.73 Å². The van der Waals surface area contributed by atoms with E-state index in [0.29, 0.717) is 38.8 Å². The number of hydrogen-bond acceptors (Lipinski definition) is 12. The standard InChI is InChI=1S/C35H40N4O13S3/c1-34(2)26-20-23(33(42)52-39-30(40)14-15-31(39)41)22-37(16-8-18-53(43,44)45)32(26)36-28(34)10-6-5-7-11-29-35(3,4)25-21-24(55(49,50)51)12-13-27(25)38(29)17-9-19-54(46,47)48/h5-7,10-15,20-22H,8-9,16-19H2,1-4H3,(H4-,40,41,43,44,45,46,47,48,49,50,51)/p+1. The topological polar surface area (TPSA) is 254 Å². The molecule has 0 saturated carbocycles. The predicted molar refractivity (Wildman–Crippen MR) is 200 cm³/mol. The Kier molecular flexibility index (Phi) is 11.3. The normalized spacial score (nSPS) is 17.3. The maximum atomic E-state index is 13.2. The fourth-order valence-electron chi connectivity index (χ4n) is 6.51. The minimum absolute atomic E-state index is 0.00292. The Morgan fingerprint density at radius 3 is 2.09 bits per heavy atom. The number of aromatic hydroxyl groups is 2. The lowest BCUT2D eigenvalue weighted by atomic mass is 9.81. The molecule has 0 amide bonds. The third-order valence-corrected chi connectivity index (χ3v) is 11.8. The summed E-state index contributed by atoms with van der Waals surface area (Å²) < 4.78 is 100.0. The molecule has 2 aliphatic heterocycles. The molecule has 0 atom stereocenters. The third-order valence-electron chi connectivity index (χ3n) is 9.33. The van der Waals surface area contributed by atoms with E-state index in [9.17, 15) is 53.9 Å². The lowest BCUT2D eigenvalue weighted by Crippen LogP contribution is -2.38. The molecule has 2 aliphatic rings. The van der Waals surface area contributed by atoms with Gasteiger partial charge in [0.2, 0.25) is 11.8 Å². The van der Waals surface area contributed by atoms with Crippen molar-refractivity contribution >= 4 is 53.5 Å². The zero-order valence-electron chi connectivity index (χ0n) is 30.2. The smallest absolute Gasteiger partial charge is 0.367 e. The monoisotopic (exact) mass is 821 g/mol. The first-order valence-electron chi connectivity index (χ1n) is 16.7. The summed E-state index contributed by atoms with van der Waals surface area (Å²) in [6.45, 7) is 7.64. The number of aryl methyl sites for hydroxylation is 1. The second kappa shape index (κ2) is 15.0. The van der Waals surface area contributed by atoms with Crippen molar-refractivity contribution in [1.82, 2.24) is 4.73 Å². The summed E-state index contributed by atoms with van der Waals surface area (Å²) in [5.74, 6) is -2.60. The highest BCUT2D eigenvalue weighted by Crippen LogP contribution is 2.48. The van der Waals surface area contributed by atoms with Crippen LogP contribution in [-0.2, 0) is 47.7 Å². The zero-order chi connectivity index (χ0) is 40.7. The molecule has 0 radical (unpaired) electrons. The largest absolute Gasteiger partial charge is 0.492 e. The minimum Gasteiger partial charge on any atom is -0.492 e. The summed E-state index contributed by atoms with van der Waals surface area (Å²) in [6, 6.07) is 7.96. The molecule has 3 aromatic rings. The van der Waals surface area contributed by atoms with Gasteiger partial charge in [0, 0.05) is 41.9 Å². The van der Waals surface area contributed by atoms with Crippen molar-refractivity contribution in [3.05, 3.63) is 95.4 Å². The average molecular weight is 822 g/mol. The van der Waals surface area contributed by atoms with E-state index in [-0.39, 0.29) is 36.4 Å². The Morgan fingerprint density at radius 1 is 0.836 bits per heavy atom. The molecule has 0 spiro atoms. The Bertz CT molecular complexity index is 2480. The molecule has 0 fully saturated rings. The number of anilines is 1. The number of aromatic nitrogens is 2. The second-order valence-electron chi connectivity index (χ2n) is 14.0. The van der Waals surface area contributed by atoms with Gasteiger partial charge in [-0.05, 0) is 67.2 Å². The van der Waals surface area contributed by atoms with Crippen molar-refractivity contribution in [1.29, 1.82) is 0 Å². The van der Waals surface area contributed by atoms with Crippen LogP contribution in [0.25, 0.3) is 0 Å². The molecular formula is C35H41N4O13S3+. The van der Waals surface area contributed by atoms with Gasteiger partial charge in [-0.1, -0.05) is 32.1 Å². The quantitative estimate of drug-likeness (QED) is 0.0888. The van der Waals surface area contributed by atoms with E-state index < -0.39 is 70.4 Å². The van der Waals surface area contributed by atoms with Gasteiger partial charge in [0.15, 0.2) is 5.71 Å². The highest BCUT2D eigenvalue weighted by Gasteiger charge is 2.44. The molecule has 5 N–H and O–H groups in total. The molecule has 55 heavy (non-hydrogen) atoms. The number of aliphatic imine (C=N–C) groups is 1. The van der Waals surface area contributed by atoms with Crippen molar-refractivity contribution in [2.45, 2.75) is 62.8 Å². The fourth-order valence-corrected chi connectivity index (χ4v) is 8.01. The van der Waals surface area contributed by atoms with Gasteiger partial charge in [0.25, 0.3) is 30.4 Å². The Balaban J connectivity index is 1.44. The highest BCUT2D eigenvalue weighted by atomic mass is 32.2. The van der Waals surface area contributed by atoms with Crippen LogP contribution in [0.2, 0.25) is 0 Å². The number of benzene rings is 1. The highest BCUT2D eigenvalue weighted by molar-refractivity contribution is 7.86. The van der Waals surface area contributed by atoms with E-state index >= 15 is 0 Å². The molecule has 4 heterocycles. The van der Waals surface area contributed by atoms with Crippen molar-refractivity contribution in [2.24, 2.45) is 4.99 Å². The summed E-state index contributed by atoms with van der Waals surface area (Å²) in [4.78, 5) is 24.7. The number of nitrogens with zero attached hydrogens (tertiary/aromatic N) is 4. The van der Waals surface area contributed by atoms with Gasteiger partial charge in [-0.25, -0.2) is 9.36 Å². The lowest BCUT2D eigenvalue weighted by molar-refractivity contribution is -0.684. The lowest BCUT2D eigenvalue weighted by Gasteiger charge is -2.27. The molecule has 296 valence electrons. The SMILES string of the molecule is CC1(C)C(=CC=CC=CC2=Nc3c(cc(C(=O)On4c(O)ccc4O)c[n+]3CCCS(=O)(=O)O)C2(C)C)N(CCCS(=O)(=O)O)c2ccc(S(=O)(=O)O)cc21. The number of carbonyl (C=O) groups is 1. The van der Waals surface area contributed by atoms with Gasteiger partial charge in [-0.3, -0.25) is 13.7 Å². The summed E-state index contributed by atoms with van der Waals surface area (Å²) >= 11 is 0. The summed E-state index contributed by atoms with van der Waals surface area (Å²) in [5.41, 5.74) is 1.43. The Hall–Kier alpha value is -4.86. The molecule has 2 aromatic heterocycles. The van der Waals surface area contributed by atoms with Crippen LogP contribution in [0.5, 0.6) is 11.8 Å². The average Bonchev–Trinajstić information content (AvgIpc) is 3.60. The van der Waals surface area contributed by atoms with E-state index in [4.69, 9.17) is 9.83 Å². The first kappa shape index (κ1) is 41.3. The van der Waals surface area contributed by atoms with Crippen LogP contribution in [0.4, 0.5) is 11.5 Å². The van der Waals surface area contributed by atoms with Crippen molar-refractivity contribution in [2.75, 3.05) is 23.0 Å². The number of carbonyl (C=O) groups excluding carboxylic acids is 1.